The summed E-state index contributed by atoms with van der Waals surface area (Å²) in [5, 5.41) is 13.6. The molecule has 1 aliphatic rings. The van der Waals surface area contributed by atoms with E-state index in [0.717, 1.165) is 44.1 Å². The number of aromatic nitrogens is 2. The number of carbonyl (C=O) groups is 1. The summed E-state index contributed by atoms with van der Waals surface area (Å²) in [6.07, 6.45) is 0. The first-order valence-electron chi connectivity index (χ1n) is 8.39. The van der Waals surface area contributed by atoms with Crippen molar-refractivity contribution in [3.8, 4) is 0 Å². The van der Waals surface area contributed by atoms with Crippen molar-refractivity contribution in [3.05, 3.63) is 17.0 Å². The Bertz CT molecular complexity index is 552. The summed E-state index contributed by atoms with van der Waals surface area (Å²) >= 11 is 0. The molecular formula is C17H30N4O2. The number of hydrogen-bond acceptors (Lipinski definition) is 4. The highest BCUT2D eigenvalue weighted by molar-refractivity contribution is 5.81. The fourth-order valence-corrected chi connectivity index (χ4v) is 3.08. The summed E-state index contributed by atoms with van der Waals surface area (Å²) < 4.78 is 1.88. The first kappa shape index (κ1) is 17.9. The van der Waals surface area contributed by atoms with E-state index in [4.69, 9.17) is 5.11 Å². The molecule has 2 rings (SSSR count). The minimum Gasteiger partial charge on any atom is -0.394 e. The fraction of sp³-hybridized carbons (Fsp3) is 0.765. The molecule has 1 amide bonds. The van der Waals surface area contributed by atoms with Crippen LogP contribution in [0.4, 0.5) is 0 Å². The second-order valence-corrected chi connectivity index (χ2v) is 7.41. The van der Waals surface area contributed by atoms with Crippen LogP contribution in [0.2, 0.25) is 0 Å². The lowest BCUT2D eigenvalue weighted by Crippen LogP contribution is -2.51. The van der Waals surface area contributed by atoms with E-state index in [9.17, 15) is 4.79 Å². The quantitative estimate of drug-likeness (QED) is 0.904. The average Bonchev–Trinajstić information content (AvgIpc) is 2.74. The zero-order valence-electron chi connectivity index (χ0n) is 15.1. The number of piperazine rings is 1. The number of rotatable bonds is 4. The average molecular weight is 322 g/mol. The second-order valence-electron chi connectivity index (χ2n) is 7.41. The van der Waals surface area contributed by atoms with Gasteiger partial charge in [0.15, 0.2) is 0 Å². The van der Waals surface area contributed by atoms with E-state index in [1.165, 1.54) is 5.56 Å². The molecule has 0 aliphatic carbocycles. The van der Waals surface area contributed by atoms with Crippen LogP contribution >= 0.6 is 0 Å². The summed E-state index contributed by atoms with van der Waals surface area (Å²) in [5.41, 5.74) is 3.10. The molecular weight excluding hydrogens is 292 g/mol. The van der Waals surface area contributed by atoms with Gasteiger partial charge in [-0.15, -0.1) is 0 Å². The zero-order chi connectivity index (χ0) is 17.2. The van der Waals surface area contributed by atoms with E-state index in [-0.39, 0.29) is 17.9 Å². The van der Waals surface area contributed by atoms with Crippen LogP contribution in [0.25, 0.3) is 0 Å². The highest BCUT2D eigenvalue weighted by atomic mass is 16.3. The van der Waals surface area contributed by atoms with Crippen molar-refractivity contribution in [3.63, 3.8) is 0 Å². The Morgan fingerprint density at radius 2 is 1.78 bits per heavy atom. The van der Waals surface area contributed by atoms with Crippen LogP contribution < -0.4 is 0 Å². The van der Waals surface area contributed by atoms with Gasteiger partial charge in [-0.1, -0.05) is 20.8 Å². The maximum absolute atomic E-state index is 12.3. The summed E-state index contributed by atoms with van der Waals surface area (Å²) in [7, 11) is 0. The Balaban J connectivity index is 1.96. The Morgan fingerprint density at radius 1 is 1.17 bits per heavy atom. The molecule has 0 radical (unpaired) electrons. The number of nitrogens with zero attached hydrogens (tertiary/aromatic N) is 4. The molecule has 0 aromatic carbocycles. The molecule has 6 nitrogen and oxygen atoms in total. The molecule has 0 saturated carbocycles. The molecule has 1 N–H and O–H groups in total. The molecule has 0 spiro atoms. The summed E-state index contributed by atoms with van der Waals surface area (Å²) in [6, 6.07) is 0. The van der Waals surface area contributed by atoms with Gasteiger partial charge in [0.25, 0.3) is 0 Å². The zero-order valence-corrected chi connectivity index (χ0v) is 15.1. The highest BCUT2D eigenvalue weighted by Crippen LogP contribution is 2.20. The molecule has 1 aromatic heterocycles. The predicted octanol–water partition coefficient (Wildman–Crippen LogP) is 1.18. The van der Waals surface area contributed by atoms with Crippen LogP contribution in [0.5, 0.6) is 0 Å². The molecule has 130 valence electrons. The minimum absolute atomic E-state index is 0.106. The summed E-state index contributed by atoms with van der Waals surface area (Å²) in [4.78, 5) is 16.7. The van der Waals surface area contributed by atoms with Gasteiger partial charge in [-0.25, -0.2) is 0 Å². The minimum atomic E-state index is -0.305. The van der Waals surface area contributed by atoms with Gasteiger partial charge < -0.3 is 10.0 Å². The number of hydrogen-bond donors (Lipinski definition) is 1. The van der Waals surface area contributed by atoms with E-state index < -0.39 is 0 Å². The van der Waals surface area contributed by atoms with Gasteiger partial charge in [-0.2, -0.15) is 5.10 Å². The van der Waals surface area contributed by atoms with Crippen molar-refractivity contribution < 1.29 is 9.90 Å². The Hall–Kier alpha value is -1.40. The third kappa shape index (κ3) is 4.12. The van der Waals surface area contributed by atoms with Crippen LogP contribution in [0, 0.1) is 19.3 Å². The van der Waals surface area contributed by atoms with Crippen molar-refractivity contribution >= 4 is 5.91 Å². The number of aliphatic hydroxyl groups is 1. The number of aliphatic hydroxyl groups excluding tert-OH is 1. The SMILES string of the molecule is Cc1nn(CCO)c(C)c1CN1CCN(C(=O)C(C)(C)C)CC1. The summed E-state index contributed by atoms with van der Waals surface area (Å²) in [5.74, 6) is 0.236. The smallest absolute Gasteiger partial charge is 0.228 e. The molecule has 1 fully saturated rings. The van der Waals surface area contributed by atoms with E-state index >= 15 is 0 Å². The van der Waals surface area contributed by atoms with E-state index in [1.54, 1.807) is 0 Å². The Labute approximate surface area is 139 Å². The number of aryl methyl sites for hydroxylation is 1. The first-order valence-corrected chi connectivity index (χ1v) is 8.39. The van der Waals surface area contributed by atoms with Crippen LogP contribution in [-0.2, 0) is 17.9 Å². The third-order valence-electron chi connectivity index (χ3n) is 4.53. The van der Waals surface area contributed by atoms with Gasteiger partial charge in [-0.3, -0.25) is 14.4 Å². The maximum Gasteiger partial charge on any atom is 0.228 e. The van der Waals surface area contributed by atoms with Crippen LogP contribution in [0.15, 0.2) is 0 Å². The lowest BCUT2D eigenvalue weighted by atomic mass is 9.94. The van der Waals surface area contributed by atoms with Gasteiger partial charge in [0, 0.05) is 49.4 Å². The topological polar surface area (TPSA) is 61.6 Å². The van der Waals surface area contributed by atoms with Gasteiger partial charge >= 0.3 is 0 Å². The largest absolute Gasteiger partial charge is 0.394 e. The molecule has 0 bridgehead atoms. The van der Waals surface area contributed by atoms with Crippen molar-refractivity contribution in [1.82, 2.24) is 19.6 Å². The van der Waals surface area contributed by atoms with Crippen molar-refractivity contribution in [2.45, 2.75) is 47.7 Å². The first-order chi connectivity index (χ1) is 10.7. The number of amides is 1. The van der Waals surface area contributed by atoms with Crippen molar-refractivity contribution in [2.24, 2.45) is 5.41 Å². The molecule has 1 saturated heterocycles. The molecule has 2 heterocycles. The standard InChI is InChI=1S/C17H30N4O2/c1-13-15(14(2)21(18-13)10-11-22)12-19-6-8-20(9-7-19)16(23)17(3,4)5/h22H,6-12H2,1-5H3. The predicted molar refractivity (Wildman–Crippen MR) is 90.1 cm³/mol. The fourth-order valence-electron chi connectivity index (χ4n) is 3.08. The lowest BCUT2D eigenvalue weighted by Gasteiger charge is -2.37. The monoisotopic (exact) mass is 322 g/mol. The third-order valence-corrected chi connectivity index (χ3v) is 4.53. The normalized spacial score (nSPS) is 16.9. The van der Waals surface area contributed by atoms with Crippen molar-refractivity contribution in [2.75, 3.05) is 32.8 Å². The van der Waals surface area contributed by atoms with E-state index in [2.05, 4.69) is 16.9 Å². The van der Waals surface area contributed by atoms with Crippen LogP contribution in [-0.4, -0.2) is 63.4 Å². The van der Waals surface area contributed by atoms with E-state index in [1.807, 2.05) is 37.3 Å². The Morgan fingerprint density at radius 3 is 2.30 bits per heavy atom. The molecule has 0 unspecified atom stereocenters. The van der Waals surface area contributed by atoms with Crippen LogP contribution in [0.1, 0.15) is 37.7 Å². The molecule has 1 aliphatic heterocycles. The Kier molecular flexibility index (Phi) is 5.47. The van der Waals surface area contributed by atoms with Gasteiger partial charge in [0.2, 0.25) is 5.91 Å². The number of carbonyl (C=O) groups excluding carboxylic acids is 1. The van der Waals surface area contributed by atoms with E-state index in [0.29, 0.717) is 6.54 Å². The molecule has 1 aromatic rings. The van der Waals surface area contributed by atoms with Gasteiger partial charge in [-0.05, 0) is 13.8 Å². The molecule has 0 atom stereocenters. The van der Waals surface area contributed by atoms with Crippen LogP contribution in [0.3, 0.4) is 0 Å². The second kappa shape index (κ2) is 7.01. The maximum atomic E-state index is 12.3. The van der Waals surface area contributed by atoms with Gasteiger partial charge in [0.05, 0.1) is 18.8 Å². The molecule has 23 heavy (non-hydrogen) atoms. The highest BCUT2D eigenvalue weighted by Gasteiger charge is 2.30. The van der Waals surface area contributed by atoms with Gasteiger partial charge in [0.1, 0.15) is 0 Å². The summed E-state index contributed by atoms with van der Waals surface area (Å²) in [6.45, 7) is 14.9. The lowest BCUT2D eigenvalue weighted by molar-refractivity contribution is -0.141. The molecule has 6 heteroatoms. The van der Waals surface area contributed by atoms with Crippen molar-refractivity contribution in [1.29, 1.82) is 0 Å².